The first kappa shape index (κ1) is 25.8. The van der Waals surface area contributed by atoms with Crippen LogP contribution in [-0.4, -0.2) is 41.1 Å². The summed E-state index contributed by atoms with van der Waals surface area (Å²) in [6, 6.07) is 19.5. The van der Waals surface area contributed by atoms with Crippen molar-refractivity contribution in [2.24, 2.45) is 0 Å². The minimum Gasteiger partial charge on any atom is -0.496 e. The van der Waals surface area contributed by atoms with Crippen molar-refractivity contribution in [3.63, 3.8) is 0 Å². The standard InChI is InChI=1S/C26H28N2O6S/c1-18-12-14-21(15-13-18)28(3)35(31,32)22-9-7-8-20(16-22)26(30)34-17-25(29)27-19(2)23-10-5-6-11-24(23)33-4/h5-16,19H,17H2,1-4H3,(H,27,29). The first-order chi connectivity index (χ1) is 16.6. The maximum absolute atomic E-state index is 13.1. The van der Waals surface area contributed by atoms with Crippen LogP contribution in [0.2, 0.25) is 0 Å². The van der Waals surface area contributed by atoms with Crippen molar-refractivity contribution in [1.29, 1.82) is 0 Å². The summed E-state index contributed by atoms with van der Waals surface area (Å²) in [7, 11) is -0.925. The molecule has 0 bridgehead atoms. The van der Waals surface area contributed by atoms with Crippen molar-refractivity contribution in [3.8, 4) is 5.75 Å². The zero-order chi connectivity index (χ0) is 25.6. The molecule has 3 rings (SSSR count). The molecule has 1 atom stereocenters. The number of carbonyl (C=O) groups is 2. The number of nitrogens with zero attached hydrogens (tertiary/aromatic N) is 1. The molecule has 3 aromatic rings. The molecule has 9 heteroatoms. The van der Waals surface area contributed by atoms with Crippen molar-refractivity contribution in [3.05, 3.63) is 89.5 Å². The highest BCUT2D eigenvalue weighted by atomic mass is 32.2. The molecule has 35 heavy (non-hydrogen) atoms. The van der Waals surface area contributed by atoms with Gasteiger partial charge < -0.3 is 14.8 Å². The molecule has 0 saturated heterocycles. The van der Waals surface area contributed by atoms with Gasteiger partial charge in [0, 0.05) is 12.6 Å². The third-order valence-electron chi connectivity index (χ3n) is 5.44. The number of esters is 1. The SMILES string of the molecule is COc1ccccc1C(C)NC(=O)COC(=O)c1cccc(S(=O)(=O)N(C)c2ccc(C)cc2)c1. The maximum Gasteiger partial charge on any atom is 0.338 e. The molecule has 0 spiro atoms. The molecule has 1 amide bonds. The Balaban J connectivity index is 1.65. The van der Waals surface area contributed by atoms with E-state index in [0.29, 0.717) is 11.4 Å². The molecule has 1 unspecified atom stereocenters. The van der Waals surface area contributed by atoms with Gasteiger partial charge in [-0.05, 0) is 50.2 Å². The fraction of sp³-hybridized carbons (Fsp3) is 0.231. The van der Waals surface area contributed by atoms with Crippen LogP contribution in [0.25, 0.3) is 0 Å². The highest BCUT2D eigenvalue weighted by molar-refractivity contribution is 7.92. The van der Waals surface area contributed by atoms with Crippen LogP contribution in [-0.2, 0) is 19.6 Å². The first-order valence-electron chi connectivity index (χ1n) is 10.9. The van der Waals surface area contributed by atoms with Gasteiger partial charge in [-0.2, -0.15) is 0 Å². The average molecular weight is 497 g/mol. The van der Waals surface area contributed by atoms with E-state index in [9.17, 15) is 18.0 Å². The summed E-state index contributed by atoms with van der Waals surface area (Å²) in [4.78, 5) is 24.8. The summed E-state index contributed by atoms with van der Waals surface area (Å²) in [5, 5.41) is 2.75. The summed E-state index contributed by atoms with van der Waals surface area (Å²) in [5.74, 6) is -0.675. The Morgan fingerprint density at radius 3 is 2.37 bits per heavy atom. The van der Waals surface area contributed by atoms with Crippen molar-refractivity contribution in [2.75, 3.05) is 25.1 Å². The molecule has 0 aliphatic heterocycles. The van der Waals surface area contributed by atoms with Crippen LogP contribution >= 0.6 is 0 Å². The van der Waals surface area contributed by atoms with Gasteiger partial charge in [0.2, 0.25) is 0 Å². The van der Waals surface area contributed by atoms with Crippen LogP contribution in [0.3, 0.4) is 0 Å². The molecule has 3 aromatic carbocycles. The van der Waals surface area contributed by atoms with Gasteiger partial charge in [0.15, 0.2) is 6.61 Å². The van der Waals surface area contributed by atoms with E-state index in [0.717, 1.165) is 15.4 Å². The maximum atomic E-state index is 13.1. The van der Waals surface area contributed by atoms with Crippen LogP contribution in [0.4, 0.5) is 5.69 Å². The van der Waals surface area contributed by atoms with Crippen LogP contribution in [0.15, 0.2) is 77.7 Å². The van der Waals surface area contributed by atoms with E-state index in [2.05, 4.69) is 5.32 Å². The fourth-order valence-electron chi connectivity index (χ4n) is 3.43. The summed E-state index contributed by atoms with van der Waals surface area (Å²) in [6.45, 7) is 3.18. The molecule has 0 fully saturated rings. The van der Waals surface area contributed by atoms with Crippen LogP contribution in [0.5, 0.6) is 5.75 Å². The minimum atomic E-state index is -3.91. The number of amides is 1. The number of para-hydroxylation sites is 1. The fourth-order valence-corrected chi connectivity index (χ4v) is 4.68. The molecule has 0 aliphatic carbocycles. The van der Waals surface area contributed by atoms with Crippen LogP contribution in [0.1, 0.15) is 34.5 Å². The van der Waals surface area contributed by atoms with Crippen molar-refractivity contribution < 1.29 is 27.5 Å². The van der Waals surface area contributed by atoms with Gasteiger partial charge in [0.05, 0.1) is 29.3 Å². The van der Waals surface area contributed by atoms with Crippen molar-refractivity contribution in [1.82, 2.24) is 5.32 Å². The number of sulfonamides is 1. The molecular weight excluding hydrogens is 468 g/mol. The molecule has 1 N–H and O–H groups in total. The largest absolute Gasteiger partial charge is 0.496 e. The Kier molecular flexibility index (Phi) is 8.14. The zero-order valence-electron chi connectivity index (χ0n) is 20.0. The number of nitrogens with one attached hydrogen (secondary N) is 1. The second-order valence-corrected chi connectivity index (χ2v) is 9.91. The Morgan fingerprint density at radius 2 is 1.69 bits per heavy atom. The summed E-state index contributed by atoms with van der Waals surface area (Å²) in [5.41, 5.74) is 2.30. The quantitative estimate of drug-likeness (QED) is 0.452. The Labute approximate surface area is 205 Å². The van der Waals surface area contributed by atoms with E-state index in [1.807, 2.05) is 37.3 Å². The topological polar surface area (TPSA) is 102 Å². The van der Waals surface area contributed by atoms with Crippen molar-refractivity contribution in [2.45, 2.75) is 24.8 Å². The highest BCUT2D eigenvalue weighted by Crippen LogP contribution is 2.25. The number of rotatable bonds is 9. The number of aryl methyl sites for hydroxylation is 1. The van der Waals surface area contributed by atoms with Gasteiger partial charge in [-0.3, -0.25) is 9.10 Å². The number of hydrogen-bond acceptors (Lipinski definition) is 6. The highest BCUT2D eigenvalue weighted by Gasteiger charge is 2.23. The Hall–Kier alpha value is -3.85. The lowest BCUT2D eigenvalue weighted by Crippen LogP contribution is -2.31. The van der Waals surface area contributed by atoms with Gasteiger partial charge in [-0.1, -0.05) is 42.0 Å². The number of benzene rings is 3. The summed E-state index contributed by atoms with van der Waals surface area (Å²) in [6.07, 6.45) is 0. The van der Waals surface area contributed by atoms with Crippen molar-refractivity contribution >= 4 is 27.6 Å². The van der Waals surface area contributed by atoms with Gasteiger partial charge in [0.1, 0.15) is 5.75 Å². The number of hydrogen-bond donors (Lipinski definition) is 1. The smallest absolute Gasteiger partial charge is 0.338 e. The molecule has 0 saturated carbocycles. The predicted octanol–water partition coefficient (Wildman–Crippen LogP) is 3.86. The van der Waals surface area contributed by atoms with E-state index >= 15 is 0 Å². The number of ether oxygens (including phenoxy) is 2. The van der Waals surface area contributed by atoms with Gasteiger partial charge >= 0.3 is 5.97 Å². The van der Waals surface area contributed by atoms with E-state index in [-0.39, 0.29) is 16.5 Å². The third kappa shape index (κ3) is 6.19. The molecule has 8 nitrogen and oxygen atoms in total. The van der Waals surface area contributed by atoms with E-state index in [1.54, 1.807) is 32.2 Å². The van der Waals surface area contributed by atoms with Gasteiger partial charge in [-0.15, -0.1) is 0 Å². The van der Waals surface area contributed by atoms with E-state index < -0.39 is 28.5 Å². The van der Waals surface area contributed by atoms with Crippen LogP contribution < -0.4 is 14.4 Å². The van der Waals surface area contributed by atoms with E-state index in [1.165, 1.54) is 31.3 Å². The minimum absolute atomic E-state index is 0.0222. The van der Waals surface area contributed by atoms with Gasteiger partial charge in [0.25, 0.3) is 15.9 Å². The number of carbonyl (C=O) groups excluding carboxylic acids is 2. The lowest BCUT2D eigenvalue weighted by atomic mass is 10.1. The molecule has 0 heterocycles. The molecular formula is C26H28N2O6S. The Morgan fingerprint density at radius 1 is 1.00 bits per heavy atom. The summed E-state index contributed by atoms with van der Waals surface area (Å²) >= 11 is 0. The second kappa shape index (κ2) is 11.1. The molecule has 0 radical (unpaired) electrons. The molecule has 0 aromatic heterocycles. The molecule has 0 aliphatic rings. The lowest BCUT2D eigenvalue weighted by molar-refractivity contribution is -0.124. The lowest BCUT2D eigenvalue weighted by Gasteiger charge is -2.20. The van der Waals surface area contributed by atoms with E-state index in [4.69, 9.17) is 9.47 Å². The third-order valence-corrected chi connectivity index (χ3v) is 7.22. The number of anilines is 1. The number of methoxy groups -OCH3 is 1. The monoisotopic (exact) mass is 496 g/mol. The normalized spacial score (nSPS) is 11.9. The summed E-state index contributed by atoms with van der Waals surface area (Å²) < 4.78 is 37.7. The van der Waals surface area contributed by atoms with Crippen LogP contribution in [0, 0.1) is 6.92 Å². The second-order valence-electron chi connectivity index (χ2n) is 7.94. The first-order valence-corrected chi connectivity index (χ1v) is 12.3. The predicted molar refractivity (Wildman–Crippen MR) is 133 cm³/mol. The Bertz CT molecular complexity index is 1310. The van der Waals surface area contributed by atoms with Gasteiger partial charge in [-0.25, -0.2) is 13.2 Å². The average Bonchev–Trinajstić information content (AvgIpc) is 2.87. The zero-order valence-corrected chi connectivity index (χ0v) is 20.8. The molecule has 184 valence electrons.